The minimum atomic E-state index is -1.72. The molecule has 53 heavy (non-hydrogen) atoms. The fraction of sp³-hybridized carbons (Fsp3) is 0.211. The molecule has 0 saturated heterocycles. The van der Waals surface area contributed by atoms with Gasteiger partial charge in [0.05, 0.1) is 13.5 Å². The predicted molar refractivity (Wildman–Crippen MR) is 197 cm³/mol. The molecular formula is C38H36ClN5O9. The molecular weight excluding hydrogens is 706 g/mol. The molecule has 3 atom stereocenters. The number of anilines is 1. The molecule has 0 saturated carbocycles. The number of carbonyl (C=O) groups is 6. The van der Waals surface area contributed by atoms with Crippen LogP contribution in [-0.2, 0) is 30.4 Å². The second-order valence-electron chi connectivity index (χ2n) is 12.2. The molecule has 0 aliphatic rings. The Morgan fingerprint density at radius 3 is 2.19 bits per heavy atom. The fourth-order valence-electron chi connectivity index (χ4n) is 5.67. The Kier molecular flexibility index (Phi) is 12.3. The average molecular weight is 742 g/mol. The lowest BCUT2D eigenvalue weighted by Gasteiger charge is -2.25. The predicted octanol–water partition coefficient (Wildman–Crippen LogP) is 4.27. The van der Waals surface area contributed by atoms with E-state index in [1.807, 2.05) is 36.4 Å². The second-order valence-corrected chi connectivity index (χ2v) is 12.6. The highest BCUT2D eigenvalue weighted by molar-refractivity contribution is 6.31. The average Bonchev–Trinajstić information content (AvgIpc) is 3.56. The molecule has 14 nitrogen and oxygen atoms in total. The molecule has 15 heteroatoms. The minimum absolute atomic E-state index is 0.0416. The number of carbonyl (C=O) groups excluding carboxylic acids is 4. The Bertz CT molecular complexity index is 2190. The van der Waals surface area contributed by atoms with E-state index < -0.39 is 66.5 Å². The van der Waals surface area contributed by atoms with Crippen LogP contribution in [0.15, 0.2) is 91.0 Å². The number of fused-ring (bicyclic) bond motifs is 2. The first-order valence-electron chi connectivity index (χ1n) is 16.4. The number of aliphatic carboxylic acids is 2. The molecule has 0 fully saturated rings. The van der Waals surface area contributed by atoms with E-state index in [0.29, 0.717) is 32.9 Å². The molecule has 5 rings (SSSR count). The standard InChI is InChI=1S/C38H36ClN5O9/c1-53-27-8-4-7-26(19-27)40-35(49)29(13-14-33(45)46)42-38(52)32(20-34(47)48)44-36(50)30(16-21-9-10-22-5-2-3-6-23(22)15-21)43-37(51)31-18-24-17-25(39)11-12-28(24)41-31/h2-12,15,17-19,29-30,32,41H,13-14,16,20H2,1H3,(H,40,49)(H,42,52)(H,43,51)(H,44,50)(H,45,46)(H,47,48)/t29-,30+,32-/m0/s1. The number of methoxy groups -OCH3 is 1. The van der Waals surface area contributed by atoms with E-state index in [1.165, 1.54) is 13.2 Å². The van der Waals surface area contributed by atoms with Gasteiger partial charge in [0.15, 0.2) is 0 Å². The van der Waals surface area contributed by atoms with Crippen LogP contribution in [0.4, 0.5) is 5.69 Å². The number of amides is 4. The Morgan fingerprint density at radius 2 is 1.45 bits per heavy atom. The van der Waals surface area contributed by atoms with Crippen molar-refractivity contribution in [2.75, 3.05) is 12.4 Å². The number of aromatic nitrogens is 1. The van der Waals surface area contributed by atoms with Crippen molar-refractivity contribution in [2.45, 2.75) is 43.8 Å². The summed E-state index contributed by atoms with van der Waals surface area (Å²) in [6.45, 7) is 0. The van der Waals surface area contributed by atoms with E-state index in [9.17, 15) is 39.0 Å². The normalized spacial score (nSPS) is 12.6. The third kappa shape index (κ3) is 10.3. The fourth-order valence-corrected chi connectivity index (χ4v) is 5.85. The smallest absolute Gasteiger partial charge is 0.305 e. The monoisotopic (exact) mass is 741 g/mol. The number of hydrogen-bond acceptors (Lipinski definition) is 7. The number of halogens is 1. The van der Waals surface area contributed by atoms with Gasteiger partial charge in [0.25, 0.3) is 5.91 Å². The summed E-state index contributed by atoms with van der Waals surface area (Å²) >= 11 is 6.11. The van der Waals surface area contributed by atoms with E-state index in [-0.39, 0.29) is 18.5 Å². The summed E-state index contributed by atoms with van der Waals surface area (Å²) < 4.78 is 5.16. The number of hydrogen-bond donors (Lipinski definition) is 7. The zero-order chi connectivity index (χ0) is 38.1. The maximum Gasteiger partial charge on any atom is 0.305 e. The minimum Gasteiger partial charge on any atom is -0.497 e. The van der Waals surface area contributed by atoms with Crippen molar-refractivity contribution in [3.63, 3.8) is 0 Å². The van der Waals surface area contributed by atoms with Crippen molar-refractivity contribution in [3.05, 3.63) is 107 Å². The zero-order valence-corrected chi connectivity index (χ0v) is 29.1. The zero-order valence-electron chi connectivity index (χ0n) is 28.4. The topological polar surface area (TPSA) is 216 Å². The first-order chi connectivity index (χ1) is 25.4. The number of aromatic amines is 1. The first-order valence-corrected chi connectivity index (χ1v) is 16.8. The third-order valence-corrected chi connectivity index (χ3v) is 8.57. The molecule has 7 N–H and O–H groups in total. The summed E-state index contributed by atoms with van der Waals surface area (Å²) in [5.74, 6) is -5.62. The molecule has 274 valence electrons. The molecule has 5 aromatic rings. The van der Waals surface area contributed by atoms with Crippen molar-refractivity contribution in [1.29, 1.82) is 0 Å². The van der Waals surface area contributed by atoms with E-state index in [1.54, 1.807) is 48.5 Å². The van der Waals surface area contributed by atoms with Crippen LogP contribution < -0.4 is 26.0 Å². The van der Waals surface area contributed by atoms with Crippen LogP contribution >= 0.6 is 11.6 Å². The number of ether oxygens (including phenoxy) is 1. The van der Waals surface area contributed by atoms with Gasteiger partial charge in [-0.2, -0.15) is 0 Å². The van der Waals surface area contributed by atoms with Gasteiger partial charge in [-0.15, -0.1) is 0 Å². The third-order valence-electron chi connectivity index (χ3n) is 8.33. The van der Waals surface area contributed by atoms with E-state index >= 15 is 0 Å². The molecule has 0 unspecified atom stereocenters. The lowest BCUT2D eigenvalue weighted by Crippen LogP contribution is -2.57. The van der Waals surface area contributed by atoms with Gasteiger partial charge in [-0.1, -0.05) is 60.1 Å². The van der Waals surface area contributed by atoms with Gasteiger partial charge < -0.3 is 41.2 Å². The molecule has 4 aromatic carbocycles. The van der Waals surface area contributed by atoms with Crippen molar-refractivity contribution in [3.8, 4) is 5.75 Å². The summed E-state index contributed by atoms with van der Waals surface area (Å²) in [4.78, 5) is 80.6. The second kappa shape index (κ2) is 17.2. The first kappa shape index (κ1) is 37.8. The molecule has 0 aliphatic carbocycles. The molecule has 0 spiro atoms. The SMILES string of the molecule is COc1cccc(NC(=O)[C@H](CCC(=O)O)NC(=O)[C@H](CC(=O)O)NC(=O)[C@@H](Cc2ccc3ccccc3c2)NC(=O)c2cc3cc(Cl)ccc3[nH]2)c1. The largest absolute Gasteiger partial charge is 0.497 e. The summed E-state index contributed by atoms with van der Waals surface area (Å²) in [6.07, 6.45) is -1.78. The van der Waals surface area contributed by atoms with Crippen LogP contribution in [-0.4, -0.2) is 76.0 Å². The molecule has 1 heterocycles. The number of benzene rings is 4. The van der Waals surface area contributed by atoms with Crippen LogP contribution in [0.5, 0.6) is 5.75 Å². The van der Waals surface area contributed by atoms with Gasteiger partial charge in [-0.25, -0.2) is 0 Å². The Balaban J connectivity index is 1.38. The summed E-state index contributed by atoms with van der Waals surface area (Å²) in [7, 11) is 1.43. The molecule has 0 aliphatic heterocycles. The van der Waals surface area contributed by atoms with Crippen LogP contribution in [0.25, 0.3) is 21.7 Å². The number of H-pyrrole nitrogens is 1. The molecule has 0 radical (unpaired) electrons. The van der Waals surface area contributed by atoms with E-state index in [2.05, 4.69) is 26.3 Å². The van der Waals surface area contributed by atoms with Gasteiger partial charge >= 0.3 is 11.9 Å². The van der Waals surface area contributed by atoms with E-state index in [4.69, 9.17) is 16.3 Å². The highest BCUT2D eigenvalue weighted by Crippen LogP contribution is 2.21. The van der Waals surface area contributed by atoms with Crippen molar-refractivity contribution >= 4 is 74.5 Å². The van der Waals surface area contributed by atoms with Crippen LogP contribution in [0.1, 0.15) is 35.3 Å². The highest BCUT2D eigenvalue weighted by atomic mass is 35.5. The van der Waals surface area contributed by atoms with Gasteiger partial charge in [0.2, 0.25) is 17.7 Å². The highest BCUT2D eigenvalue weighted by Gasteiger charge is 2.32. The summed E-state index contributed by atoms with van der Waals surface area (Å²) in [5.41, 5.74) is 1.71. The van der Waals surface area contributed by atoms with Crippen molar-refractivity contribution in [2.24, 2.45) is 0 Å². The summed E-state index contributed by atoms with van der Waals surface area (Å²) in [5, 5.41) is 32.0. The maximum absolute atomic E-state index is 13.9. The van der Waals surface area contributed by atoms with Gasteiger partial charge in [0, 0.05) is 40.5 Å². The quantitative estimate of drug-likeness (QED) is 0.0768. The van der Waals surface area contributed by atoms with Gasteiger partial charge in [-0.05, 0) is 59.2 Å². The van der Waals surface area contributed by atoms with Crippen LogP contribution in [0, 0.1) is 0 Å². The van der Waals surface area contributed by atoms with Crippen LogP contribution in [0.2, 0.25) is 5.02 Å². The Labute approximate surface area is 307 Å². The molecule has 0 bridgehead atoms. The number of carboxylic acids is 2. The number of nitrogens with one attached hydrogen (secondary N) is 5. The Morgan fingerprint density at radius 1 is 0.717 bits per heavy atom. The van der Waals surface area contributed by atoms with Gasteiger partial charge in [-0.3, -0.25) is 28.8 Å². The number of carboxylic acid groups (broad SMARTS) is 2. The Hall–Kier alpha value is -6.41. The van der Waals surface area contributed by atoms with E-state index in [0.717, 1.165) is 10.8 Å². The maximum atomic E-state index is 13.9. The lowest BCUT2D eigenvalue weighted by molar-refractivity contribution is -0.141. The summed E-state index contributed by atoms with van der Waals surface area (Å²) in [6, 6.07) is 21.5. The number of rotatable bonds is 16. The van der Waals surface area contributed by atoms with Crippen molar-refractivity contribution in [1.82, 2.24) is 20.9 Å². The lowest BCUT2D eigenvalue weighted by atomic mass is 10.0. The molecule has 4 amide bonds. The molecule has 1 aromatic heterocycles. The van der Waals surface area contributed by atoms with Gasteiger partial charge in [0.1, 0.15) is 29.6 Å². The van der Waals surface area contributed by atoms with Crippen LogP contribution in [0.3, 0.4) is 0 Å². The van der Waals surface area contributed by atoms with Crippen molar-refractivity contribution < 1.29 is 43.7 Å².